The first-order valence-corrected chi connectivity index (χ1v) is 22.4. The zero-order valence-electron chi connectivity index (χ0n) is 37.2. The molecule has 62 heavy (non-hydrogen) atoms. The van der Waals surface area contributed by atoms with Gasteiger partial charge in [-0.2, -0.15) is 0 Å². The second kappa shape index (κ2) is 15.4. The highest BCUT2D eigenvalue weighted by molar-refractivity contribution is 6.10. The Morgan fingerprint density at radius 2 is 1.06 bits per heavy atom. The minimum atomic E-state index is -0.0953. The van der Waals surface area contributed by atoms with E-state index in [-0.39, 0.29) is 10.8 Å². The largest absolute Gasteiger partial charge is 0.310 e. The molecule has 2 heteroatoms. The van der Waals surface area contributed by atoms with Crippen molar-refractivity contribution in [3.05, 3.63) is 205 Å². The van der Waals surface area contributed by atoms with Crippen LogP contribution in [0.3, 0.4) is 0 Å². The van der Waals surface area contributed by atoms with Gasteiger partial charge in [0, 0.05) is 38.9 Å². The molecule has 0 spiro atoms. The average Bonchev–Trinajstić information content (AvgIpc) is 3.74. The predicted octanol–water partition coefficient (Wildman–Crippen LogP) is 17.1. The Hall–Kier alpha value is -6.64. The Morgan fingerprint density at radius 1 is 0.484 bits per heavy atom. The minimum absolute atomic E-state index is 0.0953. The number of fused-ring (bicyclic) bond motifs is 6. The molecule has 0 saturated heterocycles. The molecule has 1 atom stereocenters. The van der Waals surface area contributed by atoms with Gasteiger partial charge in [-0.3, -0.25) is 0 Å². The summed E-state index contributed by atoms with van der Waals surface area (Å²) in [7, 11) is 0. The molecule has 0 bridgehead atoms. The smallest absolute Gasteiger partial charge is 0.0541 e. The molecule has 2 nitrogen and oxygen atoms in total. The Labute approximate surface area is 368 Å². The maximum atomic E-state index is 2.47. The first kappa shape index (κ1) is 39.5. The van der Waals surface area contributed by atoms with Gasteiger partial charge in [-0.15, -0.1) is 0 Å². The molecule has 10 rings (SSSR count). The van der Waals surface area contributed by atoms with Crippen LogP contribution in [0, 0.1) is 11.3 Å². The number of hydrogen-bond donors (Lipinski definition) is 0. The number of hydrogen-bond acceptors (Lipinski definition) is 1. The lowest BCUT2D eigenvalue weighted by molar-refractivity contribution is 0.301. The van der Waals surface area contributed by atoms with Gasteiger partial charge in [-0.1, -0.05) is 170 Å². The molecule has 0 aliphatic heterocycles. The minimum Gasteiger partial charge on any atom is -0.310 e. The van der Waals surface area contributed by atoms with Gasteiger partial charge >= 0.3 is 0 Å². The van der Waals surface area contributed by atoms with Gasteiger partial charge in [-0.05, 0) is 140 Å². The van der Waals surface area contributed by atoms with E-state index in [0.29, 0.717) is 11.8 Å². The molecule has 8 aromatic carbocycles. The number of para-hydroxylation sites is 1. The third-order valence-electron chi connectivity index (χ3n) is 13.4. The van der Waals surface area contributed by atoms with Crippen molar-refractivity contribution in [2.45, 2.75) is 66.2 Å². The highest BCUT2D eigenvalue weighted by Gasteiger charge is 2.36. The maximum Gasteiger partial charge on any atom is 0.0541 e. The zero-order chi connectivity index (χ0) is 42.8. The summed E-state index contributed by atoms with van der Waals surface area (Å²) in [4.78, 5) is 2.41. The van der Waals surface area contributed by atoms with Crippen LogP contribution in [0.4, 0.5) is 17.1 Å². The van der Waals surface area contributed by atoms with Crippen LogP contribution in [0.5, 0.6) is 0 Å². The summed E-state index contributed by atoms with van der Waals surface area (Å²) in [6, 6.07) is 69.9. The maximum absolute atomic E-state index is 2.47. The molecule has 1 aliphatic carbocycles. The highest BCUT2D eigenvalue weighted by Crippen LogP contribution is 2.51. The molecule has 0 saturated carbocycles. The van der Waals surface area contributed by atoms with Gasteiger partial charge in [0.05, 0.1) is 11.0 Å². The number of rotatable bonds is 9. The summed E-state index contributed by atoms with van der Waals surface area (Å²) in [5.74, 6) is 1.05. The number of benzene rings is 8. The van der Waals surface area contributed by atoms with Crippen LogP contribution in [0.1, 0.15) is 77.5 Å². The lowest BCUT2D eigenvalue weighted by Crippen LogP contribution is -2.16. The Morgan fingerprint density at radius 3 is 1.77 bits per heavy atom. The van der Waals surface area contributed by atoms with E-state index in [9.17, 15) is 0 Å². The summed E-state index contributed by atoms with van der Waals surface area (Å²) in [5, 5.41) is 2.54. The Kier molecular flexibility index (Phi) is 9.79. The van der Waals surface area contributed by atoms with E-state index in [0.717, 1.165) is 23.5 Å². The van der Waals surface area contributed by atoms with Gasteiger partial charge in [0.25, 0.3) is 0 Å². The SMILES string of the molecule is CC(C)C(CC(C)(C)C)c1cccc(-n2c3ccccc3c3cc(-c4ccc(N(c5ccc(-c6ccccc6)cc5)c5ccc6c(c5)C(C)(C)c5ccccc5-6)cc4)ccc32)c1. The highest BCUT2D eigenvalue weighted by atomic mass is 15.1. The first-order valence-electron chi connectivity index (χ1n) is 22.4. The molecule has 1 aromatic heterocycles. The fourth-order valence-corrected chi connectivity index (χ4v) is 10.2. The van der Waals surface area contributed by atoms with Gasteiger partial charge in [0.1, 0.15) is 0 Å². The van der Waals surface area contributed by atoms with Crippen molar-refractivity contribution in [2.75, 3.05) is 4.90 Å². The van der Waals surface area contributed by atoms with E-state index in [4.69, 9.17) is 0 Å². The quantitative estimate of drug-likeness (QED) is 0.141. The topological polar surface area (TPSA) is 8.17 Å². The third-order valence-corrected chi connectivity index (χ3v) is 13.4. The standard InChI is InChI=1S/C60H56N2/c1-40(2)54(39-59(3,4)5)45-18-15-19-48(36-45)62-57-23-14-12-21-52(57)53-37-44(28-35-58(53)62)43-26-31-47(32-27-43)61(46-29-24-42(25-30-46)41-16-9-8-10-17-41)49-33-34-51-50-20-11-13-22-55(50)60(6,7)56(51)38-49/h8-38,40,54H,39H2,1-7H3. The molecule has 9 aromatic rings. The van der Waals surface area contributed by atoms with Gasteiger partial charge in [-0.25, -0.2) is 0 Å². The van der Waals surface area contributed by atoms with Crippen LogP contribution in [0.2, 0.25) is 0 Å². The van der Waals surface area contributed by atoms with Crippen LogP contribution in [-0.2, 0) is 5.41 Å². The summed E-state index contributed by atoms with van der Waals surface area (Å²) < 4.78 is 2.47. The van der Waals surface area contributed by atoms with Crippen molar-refractivity contribution in [1.82, 2.24) is 4.57 Å². The van der Waals surface area contributed by atoms with Crippen molar-refractivity contribution in [2.24, 2.45) is 11.3 Å². The van der Waals surface area contributed by atoms with E-state index in [1.165, 1.54) is 77.6 Å². The van der Waals surface area contributed by atoms with Crippen molar-refractivity contribution in [1.29, 1.82) is 0 Å². The second-order valence-corrected chi connectivity index (χ2v) is 19.5. The normalized spacial score (nSPS) is 13.7. The van der Waals surface area contributed by atoms with E-state index in [1.54, 1.807) is 0 Å². The zero-order valence-corrected chi connectivity index (χ0v) is 37.2. The van der Waals surface area contributed by atoms with Crippen molar-refractivity contribution < 1.29 is 0 Å². The Balaban J connectivity index is 1.04. The van der Waals surface area contributed by atoms with Crippen LogP contribution >= 0.6 is 0 Å². The Bertz CT molecular complexity index is 3070. The van der Waals surface area contributed by atoms with E-state index in [2.05, 4.69) is 246 Å². The van der Waals surface area contributed by atoms with E-state index < -0.39 is 0 Å². The van der Waals surface area contributed by atoms with Crippen molar-refractivity contribution >= 4 is 38.9 Å². The van der Waals surface area contributed by atoms with Crippen LogP contribution in [0.25, 0.3) is 60.9 Å². The monoisotopic (exact) mass is 804 g/mol. The predicted molar refractivity (Wildman–Crippen MR) is 266 cm³/mol. The van der Waals surface area contributed by atoms with Gasteiger partial charge in [0.2, 0.25) is 0 Å². The van der Waals surface area contributed by atoms with Crippen molar-refractivity contribution in [3.63, 3.8) is 0 Å². The first-order chi connectivity index (χ1) is 29.9. The van der Waals surface area contributed by atoms with Gasteiger partial charge < -0.3 is 9.47 Å². The number of anilines is 3. The van der Waals surface area contributed by atoms with Crippen molar-refractivity contribution in [3.8, 4) is 39.1 Å². The summed E-state index contributed by atoms with van der Waals surface area (Å²) >= 11 is 0. The fraction of sp³-hybridized carbons (Fsp3) is 0.200. The molecule has 0 amide bonds. The lowest BCUT2D eigenvalue weighted by Gasteiger charge is -2.29. The molecule has 0 fully saturated rings. The summed E-state index contributed by atoms with van der Waals surface area (Å²) in [6.07, 6.45) is 1.15. The average molecular weight is 805 g/mol. The molecule has 1 heterocycles. The van der Waals surface area contributed by atoms with Crippen LogP contribution in [-0.4, -0.2) is 4.57 Å². The summed E-state index contributed by atoms with van der Waals surface area (Å²) in [5.41, 5.74) is 18.9. The molecule has 1 unspecified atom stereocenters. The van der Waals surface area contributed by atoms with Gasteiger partial charge in [0.15, 0.2) is 0 Å². The van der Waals surface area contributed by atoms with Crippen LogP contribution < -0.4 is 4.90 Å². The third kappa shape index (κ3) is 7.02. The fourth-order valence-electron chi connectivity index (χ4n) is 10.2. The lowest BCUT2D eigenvalue weighted by atomic mass is 9.76. The number of aromatic nitrogens is 1. The molecular formula is C60H56N2. The molecule has 306 valence electrons. The van der Waals surface area contributed by atoms with Crippen LogP contribution in [0.15, 0.2) is 188 Å². The van der Waals surface area contributed by atoms with E-state index >= 15 is 0 Å². The van der Waals surface area contributed by atoms with E-state index in [1.807, 2.05) is 0 Å². The molecule has 0 radical (unpaired) electrons. The molecule has 0 N–H and O–H groups in total. The number of nitrogens with zero attached hydrogens (tertiary/aromatic N) is 2. The molecule has 1 aliphatic rings. The summed E-state index contributed by atoms with van der Waals surface area (Å²) in [6.45, 7) is 16.5. The molecular weight excluding hydrogens is 749 g/mol. The second-order valence-electron chi connectivity index (χ2n) is 19.5.